The Hall–Kier alpha value is -4.38. The van der Waals surface area contributed by atoms with E-state index in [2.05, 4.69) is 15.6 Å². The molecular formula is C26H36N6O10. The lowest BCUT2D eigenvalue weighted by Crippen LogP contribution is -2.46. The number of hydrogen-bond acceptors (Lipinski definition) is 10. The number of amides is 1. The number of nitrogens with zero attached hydrogens (tertiary/aromatic N) is 3. The van der Waals surface area contributed by atoms with E-state index in [0.29, 0.717) is 11.2 Å². The minimum Gasteiger partial charge on any atom is -0.480 e. The SMILES string of the molecule is Cc1cc(=O)[nH]c2cc(NC(=O)CN(CCN(CCN(CCNCC(=O)O)CC(=O)O)CC(=O)O)CC(=O)O)ccc12. The summed E-state index contributed by atoms with van der Waals surface area (Å²) in [5, 5.41) is 42.7. The zero-order chi connectivity index (χ0) is 31.2. The number of benzene rings is 1. The first-order valence-corrected chi connectivity index (χ1v) is 13.0. The molecular weight excluding hydrogens is 556 g/mol. The monoisotopic (exact) mass is 592 g/mol. The predicted molar refractivity (Wildman–Crippen MR) is 151 cm³/mol. The van der Waals surface area contributed by atoms with Crippen LogP contribution in [-0.2, 0) is 24.0 Å². The fraction of sp³-hybridized carbons (Fsp3) is 0.462. The van der Waals surface area contributed by atoms with E-state index in [1.165, 1.54) is 20.8 Å². The van der Waals surface area contributed by atoms with Crippen LogP contribution in [0.3, 0.4) is 0 Å². The number of rotatable bonds is 20. The Morgan fingerprint density at radius 3 is 1.86 bits per heavy atom. The molecule has 1 amide bonds. The Balaban J connectivity index is 2.01. The first-order chi connectivity index (χ1) is 19.8. The van der Waals surface area contributed by atoms with Gasteiger partial charge in [0, 0.05) is 56.4 Å². The third kappa shape index (κ3) is 12.9. The van der Waals surface area contributed by atoms with Crippen LogP contribution in [0.4, 0.5) is 5.69 Å². The minimum atomic E-state index is -1.19. The van der Waals surface area contributed by atoms with Gasteiger partial charge in [0.05, 0.1) is 38.2 Å². The van der Waals surface area contributed by atoms with Crippen LogP contribution >= 0.6 is 0 Å². The van der Waals surface area contributed by atoms with Crippen molar-refractivity contribution in [3.05, 3.63) is 40.2 Å². The highest BCUT2D eigenvalue weighted by atomic mass is 16.4. The number of aromatic amines is 1. The molecule has 230 valence electrons. The number of aliphatic carboxylic acids is 4. The van der Waals surface area contributed by atoms with Gasteiger partial charge in [0.15, 0.2) is 0 Å². The molecule has 1 heterocycles. The Labute approximate surface area is 240 Å². The summed E-state index contributed by atoms with van der Waals surface area (Å²) in [4.78, 5) is 76.4. The number of carboxylic acid groups (broad SMARTS) is 4. The molecule has 0 aliphatic carbocycles. The summed E-state index contributed by atoms with van der Waals surface area (Å²) in [7, 11) is 0. The molecule has 0 atom stereocenters. The van der Waals surface area contributed by atoms with Gasteiger partial charge in [-0.2, -0.15) is 0 Å². The van der Waals surface area contributed by atoms with Crippen LogP contribution in [-0.4, -0.2) is 142 Å². The molecule has 2 rings (SSSR count). The van der Waals surface area contributed by atoms with Crippen molar-refractivity contribution in [2.45, 2.75) is 6.92 Å². The number of aromatic nitrogens is 1. The number of carbonyl (C=O) groups excluding carboxylic acids is 1. The highest BCUT2D eigenvalue weighted by Gasteiger charge is 2.19. The van der Waals surface area contributed by atoms with E-state index < -0.39 is 42.9 Å². The maximum atomic E-state index is 12.8. The van der Waals surface area contributed by atoms with Crippen LogP contribution in [0.1, 0.15) is 5.56 Å². The first-order valence-electron chi connectivity index (χ1n) is 13.0. The van der Waals surface area contributed by atoms with Crippen molar-refractivity contribution >= 4 is 46.4 Å². The van der Waals surface area contributed by atoms with Gasteiger partial charge in [-0.1, -0.05) is 6.07 Å². The molecule has 42 heavy (non-hydrogen) atoms. The van der Waals surface area contributed by atoms with Crippen molar-refractivity contribution in [3.8, 4) is 0 Å². The lowest BCUT2D eigenvalue weighted by atomic mass is 10.1. The van der Waals surface area contributed by atoms with Gasteiger partial charge < -0.3 is 36.0 Å². The van der Waals surface area contributed by atoms with E-state index in [4.69, 9.17) is 5.11 Å². The molecule has 0 aliphatic rings. The maximum Gasteiger partial charge on any atom is 0.317 e. The van der Waals surface area contributed by atoms with Gasteiger partial charge in [-0.05, 0) is 24.6 Å². The third-order valence-corrected chi connectivity index (χ3v) is 6.12. The fourth-order valence-electron chi connectivity index (χ4n) is 4.24. The lowest BCUT2D eigenvalue weighted by molar-refractivity contribution is -0.140. The zero-order valence-corrected chi connectivity index (χ0v) is 23.2. The van der Waals surface area contributed by atoms with E-state index in [0.717, 1.165) is 10.9 Å². The van der Waals surface area contributed by atoms with Crippen molar-refractivity contribution in [1.29, 1.82) is 0 Å². The molecule has 0 bridgehead atoms. The third-order valence-electron chi connectivity index (χ3n) is 6.12. The average Bonchev–Trinajstić information content (AvgIpc) is 2.86. The molecule has 16 heteroatoms. The van der Waals surface area contributed by atoms with Gasteiger partial charge in [-0.15, -0.1) is 0 Å². The predicted octanol–water partition coefficient (Wildman–Crippen LogP) is -1.39. The molecule has 16 nitrogen and oxygen atoms in total. The molecule has 1 aromatic heterocycles. The zero-order valence-electron chi connectivity index (χ0n) is 23.2. The highest BCUT2D eigenvalue weighted by molar-refractivity contribution is 5.95. The quantitative estimate of drug-likeness (QED) is 0.0878. The summed E-state index contributed by atoms with van der Waals surface area (Å²) < 4.78 is 0. The Bertz CT molecular complexity index is 1330. The number of anilines is 1. The Morgan fingerprint density at radius 2 is 1.29 bits per heavy atom. The highest BCUT2D eigenvalue weighted by Crippen LogP contribution is 2.19. The van der Waals surface area contributed by atoms with Crippen LogP contribution in [0.2, 0.25) is 0 Å². The molecule has 7 N–H and O–H groups in total. The van der Waals surface area contributed by atoms with Crippen molar-refractivity contribution in [1.82, 2.24) is 25.0 Å². The lowest BCUT2D eigenvalue weighted by Gasteiger charge is -2.28. The average molecular weight is 593 g/mol. The normalized spacial score (nSPS) is 11.3. The van der Waals surface area contributed by atoms with Crippen LogP contribution in [0.25, 0.3) is 10.9 Å². The smallest absolute Gasteiger partial charge is 0.317 e. The van der Waals surface area contributed by atoms with Gasteiger partial charge >= 0.3 is 23.9 Å². The molecule has 0 spiro atoms. The van der Waals surface area contributed by atoms with Crippen molar-refractivity contribution in [2.75, 3.05) is 77.3 Å². The summed E-state index contributed by atoms with van der Waals surface area (Å²) in [6, 6.07) is 6.45. The number of pyridine rings is 1. The van der Waals surface area contributed by atoms with E-state index >= 15 is 0 Å². The van der Waals surface area contributed by atoms with Crippen molar-refractivity contribution in [3.63, 3.8) is 0 Å². The summed E-state index contributed by atoms with van der Waals surface area (Å²) in [6.45, 7) is 0.726. The Kier molecular flexibility index (Phi) is 13.5. The van der Waals surface area contributed by atoms with Gasteiger partial charge in [0.1, 0.15) is 0 Å². The molecule has 0 saturated carbocycles. The fourth-order valence-corrected chi connectivity index (χ4v) is 4.24. The minimum absolute atomic E-state index is 0.0241. The number of nitrogens with one attached hydrogen (secondary N) is 3. The number of fused-ring (bicyclic) bond motifs is 1. The molecule has 0 radical (unpaired) electrons. The van der Waals surface area contributed by atoms with Crippen LogP contribution < -0.4 is 16.2 Å². The number of hydrogen-bond donors (Lipinski definition) is 7. The van der Waals surface area contributed by atoms with Crippen LogP contribution in [0.15, 0.2) is 29.1 Å². The standard InChI is InChI=1S/C26H36N6O10/c1-17-10-21(33)29-20-11-18(2-3-19(17)20)28-22(34)13-32(16-26(41)42)9-8-31(15-25(39)40)7-6-30(14-24(37)38)5-4-27-12-23(35)36/h2-3,10-11,27H,4-9,12-16H2,1H3,(H,28,34)(H,29,33)(H,35,36)(H,37,38)(H,39,40)(H,41,42). The molecule has 2 aromatic rings. The second kappa shape index (κ2) is 16.8. The summed E-state index contributed by atoms with van der Waals surface area (Å²) in [5.41, 5.74) is 1.40. The van der Waals surface area contributed by atoms with Gasteiger partial charge in [0.25, 0.3) is 0 Å². The van der Waals surface area contributed by atoms with E-state index in [-0.39, 0.29) is 64.5 Å². The molecule has 0 fully saturated rings. The largest absolute Gasteiger partial charge is 0.480 e. The topological polar surface area (TPSA) is 233 Å². The number of aryl methyl sites for hydroxylation is 1. The van der Waals surface area contributed by atoms with Gasteiger partial charge in [-0.3, -0.25) is 43.5 Å². The molecule has 0 unspecified atom stereocenters. The summed E-state index contributed by atoms with van der Waals surface area (Å²) in [6.07, 6.45) is 0. The summed E-state index contributed by atoms with van der Waals surface area (Å²) >= 11 is 0. The van der Waals surface area contributed by atoms with Crippen molar-refractivity contribution < 1.29 is 44.4 Å². The molecule has 0 saturated heterocycles. The van der Waals surface area contributed by atoms with Gasteiger partial charge in [-0.25, -0.2) is 0 Å². The Morgan fingerprint density at radius 1 is 0.738 bits per heavy atom. The molecule has 1 aromatic carbocycles. The first kappa shape index (κ1) is 33.8. The maximum absolute atomic E-state index is 12.8. The van der Waals surface area contributed by atoms with Crippen LogP contribution in [0.5, 0.6) is 0 Å². The molecule has 0 aliphatic heterocycles. The summed E-state index contributed by atoms with van der Waals surface area (Å²) in [5.74, 6) is -5.01. The van der Waals surface area contributed by atoms with E-state index in [9.17, 15) is 44.1 Å². The van der Waals surface area contributed by atoms with Crippen molar-refractivity contribution in [2.24, 2.45) is 0 Å². The number of carbonyl (C=O) groups is 5. The second-order valence-corrected chi connectivity index (χ2v) is 9.64. The van der Waals surface area contributed by atoms with E-state index in [1.54, 1.807) is 25.1 Å². The van der Waals surface area contributed by atoms with Gasteiger partial charge in [0.2, 0.25) is 11.5 Å². The van der Waals surface area contributed by atoms with Crippen LogP contribution in [0, 0.1) is 6.92 Å². The number of H-pyrrole nitrogens is 1. The second-order valence-electron chi connectivity index (χ2n) is 9.64. The number of carboxylic acids is 4. The van der Waals surface area contributed by atoms with E-state index in [1.807, 2.05) is 0 Å².